The Morgan fingerprint density at radius 2 is 1.83 bits per heavy atom. The van der Waals surface area contributed by atoms with Crippen molar-refractivity contribution >= 4 is 43.0 Å². The number of rotatable bonds is 5. The summed E-state index contributed by atoms with van der Waals surface area (Å²) in [6.45, 7) is 9.37. The number of aromatic nitrogens is 1. The van der Waals surface area contributed by atoms with Gasteiger partial charge in [-0.05, 0) is 0 Å². The second-order valence-corrected chi connectivity index (χ2v) is 7.99. The third-order valence-corrected chi connectivity index (χ3v) is 6.25. The van der Waals surface area contributed by atoms with Gasteiger partial charge in [0.1, 0.15) is 0 Å². The van der Waals surface area contributed by atoms with Gasteiger partial charge in [0.15, 0.2) is 0 Å². The number of ether oxygens (including phenoxy) is 1. The van der Waals surface area contributed by atoms with Gasteiger partial charge in [-0.15, -0.1) is 0 Å². The van der Waals surface area contributed by atoms with Crippen molar-refractivity contribution in [3.8, 4) is 0 Å². The summed E-state index contributed by atoms with van der Waals surface area (Å²) in [6, 6.07) is 6.87. The Bertz CT molecular complexity index is 691. The minimum atomic E-state index is -6.00. The number of halogens is 4. The van der Waals surface area contributed by atoms with Gasteiger partial charge in [0.2, 0.25) is 0 Å². The summed E-state index contributed by atoms with van der Waals surface area (Å²) < 4.78 is 48.7. The average Bonchev–Trinajstić information content (AvgIpc) is 2.81. The molecule has 1 heterocycles. The summed E-state index contributed by atoms with van der Waals surface area (Å²) in [6.07, 6.45) is 4.28. The molecule has 0 bridgehead atoms. The van der Waals surface area contributed by atoms with Gasteiger partial charge < -0.3 is 17.3 Å². The van der Waals surface area contributed by atoms with E-state index in [1.807, 2.05) is 6.92 Å². The molecule has 0 aliphatic carbocycles. The molecule has 0 saturated heterocycles. The fourth-order valence-corrected chi connectivity index (χ4v) is 5.43. The molecule has 0 fully saturated rings. The van der Waals surface area contributed by atoms with Crippen LogP contribution >= 0.6 is 0 Å². The molecule has 2 aromatic rings. The van der Waals surface area contributed by atoms with Crippen molar-refractivity contribution in [2.45, 2.75) is 40.5 Å². The van der Waals surface area contributed by atoms with Gasteiger partial charge in [0, 0.05) is 0 Å². The van der Waals surface area contributed by atoms with E-state index in [0.717, 1.165) is 25.2 Å². The van der Waals surface area contributed by atoms with Crippen LogP contribution in [0.4, 0.5) is 17.3 Å². The van der Waals surface area contributed by atoms with Crippen molar-refractivity contribution in [2.75, 3.05) is 6.61 Å². The molecule has 0 radical (unpaired) electrons. The minimum Gasteiger partial charge on any atom is -0.418 e. The monoisotopic (exact) mass is 461 g/mol. The van der Waals surface area contributed by atoms with E-state index < -0.39 is 7.25 Å². The van der Waals surface area contributed by atoms with Crippen LogP contribution in [-0.4, -0.2) is 34.6 Å². The van der Waals surface area contributed by atoms with Crippen LogP contribution in [0.15, 0.2) is 24.0 Å². The number of hydrogen-bond acceptors (Lipinski definition) is 1. The molecule has 2 rings (SSSR count). The number of allylic oxidation sites excluding steroid dienone is 1. The Balaban J connectivity index is 0.000000505. The van der Waals surface area contributed by atoms with Crippen LogP contribution in [0.3, 0.4) is 0 Å². The van der Waals surface area contributed by atoms with Crippen molar-refractivity contribution in [1.82, 2.24) is 0 Å². The van der Waals surface area contributed by atoms with Crippen molar-refractivity contribution < 1.29 is 24.8 Å². The number of nitrogens with zero attached hydrogens (tertiary/aromatic N) is 1. The van der Waals surface area contributed by atoms with Gasteiger partial charge in [-0.25, -0.2) is 0 Å². The summed E-state index contributed by atoms with van der Waals surface area (Å²) in [5.41, 5.74) is 2.82. The SMILES string of the molecule is CCOC(=C[n+]1[te]c2ccc(C)cc2c1CC)CC.F[B-](F)(F)F. The van der Waals surface area contributed by atoms with Gasteiger partial charge in [-0.3, -0.25) is 0 Å². The fraction of sp³-hybridized carbons (Fsp3) is 0.438. The number of benzene rings is 1. The van der Waals surface area contributed by atoms with Gasteiger partial charge in [0.25, 0.3) is 0 Å². The maximum absolute atomic E-state index is 9.75. The summed E-state index contributed by atoms with van der Waals surface area (Å²) >= 11 is -0.311. The Morgan fingerprint density at radius 3 is 2.33 bits per heavy atom. The smallest absolute Gasteiger partial charge is 0.418 e. The molecule has 0 saturated carbocycles. The van der Waals surface area contributed by atoms with E-state index in [0.29, 0.717) is 0 Å². The predicted molar refractivity (Wildman–Crippen MR) is 91.6 cm³/mol. The first-order valence-corrected chi connectivity index (χ1v) is 10.0. The van der Waals surface area contributed by atoms with E-state index in [1.54, 1.807) is 3.40 Å². The Kier molecular flexibility index (Phi) is 8.31. The van der Waals surface area contributed by atoms with Crippen LogP contribution < -0.4 is 2.79 Å². The van der Waals surface area contributed by atoms with Gasteiger partial charge >= 0.3 is 133 Å². The second kappa shape index (κ2) is 9.48. The number of aryl methyl sites for hydroxylation is 2. The van der Waals surface area contributed by atoms with E-state index in [1.165, 1.54) is 16.6 Å². The van der Waals surface area contributed by atoms with Crippen LogP contribution in [0.2, 0.25) is 0 Å². The maximum Gasteiger partial charge on any atom is 0.673 e. The fourth-order valence-electron chi connectivity index (χ4n) is 2.23. The molecule has 0 amide bonds. The van der Waals surface area contributed by atoms with Crippen LogP contribution in [0.25, 0.3) is 15.0 Å². The number of hydrogen-bond donors (Lipinski definition) is 0. The first-order valence-electron chi connectivity index (χ1n) is 7.84. The minimum absolute atomic E-state index is 0.311. The van der Waals surface area contributed by atoms with Crippen molar-refractivity contribution in [2.24, 2.45) is 0 Å². The first kappa shape index (κ1) is 21.0. The number of fused-ring (bicyclic) bond motifs is 1. The summed E-state index contributed by atoms with van der Waals surface area (Å²) in [4.78, 5) is 0. The van der Waals surface area contributed by atoms with Gasteiger partial charge in [-0.2, -0.15) is 0 Å². The molecule has 1 aromatic carbocycles. The molecule has 8 heteroatoms. The molecule has 1 aromatic heterocycles. The van der Waals surface area contributed by atoms with Crippen molar-refractivity contribution in [3.63, 3.8) is 0 Å². The zero-order valence-corrected chi connectivity index (χ0v) is 16.6. The van der Waals surface area contributed by atoms with Crippen molar-refractivity contribution in [1.29, 1.82) is 0 Å². The van der Waals surface area contributed by atoms with E-state index >= 15 is 0 Å². The molecule has 2 nitrogen and oxygen atoms in total. The standard InChI is InChI=1S/C16H22NOTe.BF4/c1-5-13(18-7-3)11-17-15(6-2)14-10-12(4)8-9-16(14)19-17;2-1(3,4)5/h8-11H,5-7H2,1-4H3;/q+1;-1. The van der Waals surface area contributed by atoms with Crippen LogP contribution in [0.1, 0.15) is 38.4 Å². The summed E-state index contributed by atoms with van der Waals surface area (Å²) in [5, 5.41) is 1.47. The van der Waals surface area contributed by atoms with E-state index in [-0.39, 0.29) is 20.7 Å². The molecule has 24 heavy (non-hydrogen) atoms. The first-order chi connectivity index (χ1) is 11.2. The van der Waals surface area contributed by atoms with Crippen LogP contribution in [0, 0.1) is 6.92 Å². The molecular weight excluding hydrogens is 437 g/mol. The Hall–Kier alpha value is -0.995. The van der Waals surface area contributed by atoms with Gasteiger partial charge in [-0.1, -0.05) is 0 Å². The van der Waals surface area contributed by atoms with E-state index in [4.69, 9.17) is 4.74 Å². The third kappa shape index (κ3) is 6.86. The predicted octanol–water partition coefficient (Wildman–Crippen LogP) is 4.60. The second-order valence-electron chi connectivity index (χ2n) is 5.09. The zero-order valence-electron chi connectivity index (χ0n) is 14.3. The Labute approximate surface area is 150 Å². The zero-order chi connectivity index (χ0) is 18.3. The summed E-state index contributed by atoms with van der Waals surface area (Å²) in [5.74, 6) is 1.10. The third-order valence-electron chi connectivity index (χ3n) is 3.18. The van der Waals surface area contributed by atoms with Crippen LogP contribution in [0.5, 0.6) is 0 Å². The van der Waals surface area contributed by atoms with Gasteiger partial charge in [0.05, 0.1) is 0 Å². The van der Waals surface area contributed by atoms with E-state index in [2.05, 4.69) is 48.0 Å². The normalized spacial score (nSPS) is 12.1. The Morgan fingerprint density at radius 1 is 1.21 bits per heavy atom. The van der Waals surface area contributed by atoms with E-state index in [9.17, 15) is 17.3 Å². The molecular formula is C16H22BF4NOTe. The average molecular weight is 459 g/mol. The largest absolute Gasteiger partial charge is 0.673 e. The van der Waals surface area contributed by atoms with Crippen LogP contribution in [-0.2, 0) is 11.2 Å². The molecule has 0 unspecified atom stereocenters. The summed E-state index contributed by atoms with van der Waals surface area (Å²) in [7, 11) is -6.00. The molecule has 134 valence electrons. The molecule has 0 N–H and O–H groups in total. The molecule has 0 aliphatic heterocycles. The molecule has 0 aliphatic rings. The molecule has 0 spiro atoms. The topological polar surface area (TPSA) is 13.1 Å². The maximum atomic E-state index is 9.75. The molecule has 0 atom stereocenters. The van der Waals surface area contributed by atoms with Crippen molar-refractivity contribution in [3.05, 3.63) is 35.2 Å². The quantitative estimate of drug-likeness (QED) is 0.363.